The van der Waals surface area contributed by atoms with Crippen LogP contribution in [0.3, 0.4) is 0 Å². The Kier molecular flexibility index (Phi) is 14.3. The number of rotatable bonds is 0. The predicted octanol–water partition coefficient (Wildman–Crippen LogP) is 4.37. The second kappa shape index (κ2) is 12.2. The van der Waals surface area contributed by atoms with Gasteiger partial charge in [-0.1, -0.05) is 0 Å². The zero-order chi connectivity index (χ0) is 10.8. The van der Waals surface area contributed by atoms with Gasteiger partial charge in [0.25, 0.3) is 0 Å². The van der Waals surface area contributed by atoms with Gasteiger partial charge < -0.3 is 25.0 Å². The van der Waals surface area contributed by atoms with E-state index in [0.29, 0.717) is 0 Å². The third-order valence-corrected chi connectivity index (χ3v) is 2.06. The zero-order valence-corrected chi connectivity index (χ0v) is 12.1. The number of hydrogen-bond acceptors (Lipinski definition) is 0. The van der Waals surface area contributed by atoms with Crippen LogP contribution in [0.4, 0.5) is 0 Å². The molecule has 1 saturated carbocycles. The molecule has 15 heavy (non-hydrogen) atoms. The first-order valence-electron chi connectivity index (χ1n) is 5.26. The number of hydrogen-bond donors (Lipinski definition) is 0. The summed E-state index contributed by atoms with van der Waals surface area (Å²) in [5.74, 6) is 0. The van der Waals surface area contributed by atoms with Crippen molar-refractivity contribution >= 4 is 0 Å². The van der Waals surface area contributed by atoms with Crippen molar-refractivity contribution in [2.75, 3.05) is 0 Å². The Morgan fingerprint density at radius 3 is 1.07 bits per heavy atom. The standard InChI is InChI=1S/C8H12.C6H10.Pt/c1-2-4-6-8-7-5-3-1;1-5(2)6(3)4;/h1-2,7-8H,3-6H2;1,3H2,2,4H3;/q;-2;+2/b;6-5-;. The Labute approximate surface area is 111 Å². The Hall–Kier alpha value is 0.168. The average molecular weight is 385 g/mol. The van der Waals surface area contributed by atoms with Gasteiger partial charge in [0.05, 0.1) is 0 Å². The summed E-state index contributed by atoms with van der Waals surface area (Å²) in [7, 11) is 0. The van der Waals surface area contributed by atoms with Crippen LogP contribution in [-0.4, -0.2) is 0 Å². The SMILES string of the molecule is [CH2-]/C(C)=C(\[CH2-])C.[CH]1[CH]CC[CH][CH]CC1.[Pt+2]. The minimum absolute atomic E-state index is 0. The van der Waals surface area contributed by atoms with Crippen LogP contribution in [0, 0.1) is 39.5 Å². The third kappa shape index (κ3) is 14.2. The first-order chi connectivity index (χ1) is 6.64. The van der Waals surface area contributed by atoms with Crippen LogP contribution in [0.5, 0.6) is 0 Å². The molecule has 0 aromatic carbocycles. The minimum atomic E-state index is 0. The van der Waals surface area contributed by atoms with Crippen molar-refractivity contribution in [1.29, 1.82) is 0 Å². The molecule has 0 aromatic heterocycles. The summed E-state index contributed by atoms with van der Waals surface area (Å²) in [6.07, 6.45) is 14.0. The van der Waals surface area contributed by atoms with E-state index < -0.39 is 0 Å². The third-order valence-electron chi connectivity index (χ3n) is 2.06. The van der Waals surface area contributed by atoms with E-state index in [4.69, 9.17) is 0 Å². The Bertz CT molecular complexity index is 117. The van der Waals surface area contributed by atoms with Gasteiger partial charge in [-0.3, -0.25) is 0 Å². The van der Waals surface area contributed by atoms with E-state index >= 15 is 0 Å². The van der Waals surface area contributed by atoms with Gasteiger partial charge in [0.1, 0.15) is 0 Å². The van der Waals surface area contributed by atoms with Gasteiger partial charge >= 0.3 is 21.1 Å². The van der Waals surface area contributed by atoms with E-state index in [1.165, 1.54) is 25.7 Å². The quantitative estimate of drug-likeness (QED) is 0.544. The van der Waals surface area contributed by atoms with E-state index in [1.54, 1.807) is 0 Å². The van der Waals surface area contributed by atoms with Gasteiger partial charge in [0.15, 0.2) is 0 Å². The largest absolute Gasteiger partial charge is 2.00 e. The molecule has 1 rings (SSSR count). The summed E-state index contributed by atoms with van der Waals surface area (Å²) in [6.45, 7) is 11.2. The van der Waals surface area contributed by atoms with Gasteiger partial charge in [-0.15, -0.1) is 13.8 Å². The van der Waals surface area contributed by atoms with Gasteiger partial charge in [0.2, 0.25) is 0 Å². The van der Waals surface area contributed by atoms with Crippen molar-refractivity contribution in [3.8, 4) is 0 Å². The fraction of sp³-hybridized carbons (Fsp3) is 0.429. The molecule has 1 fully saturated rings. The van der Waals surface area contributed by atoms with Gasteiger partial charge in [-0.2, -0.15) is 0 Å². The van der Waals surface area contributed by atoms with Crippen molar-refractivity contribution in [2.45, 2.75) is 39.5 Å². The van der Waals surface area contributed by atoms with E-state index in [1.807, 2.05) is 13.8 Å². The predicted molar refractivity (Wildman–Crippen MR) is 64.8 cm³/mol. The van der Waals surface area contributed by atoms with Gasteiger partial charge in [0, 0.05) is 0 Å². The van der Waals surface area contributed by atoms with Crippen molar-refractivity contribution in [3.63, 3.8) is 0 Å². The summed E-state index contributed by atoms with van der Waals surface area (Å²) < 4.78 is 0. The van der Waals surface area contributed by atoms with Crippen molar-refractivity contribution in [2.24, 2.45) is 0 Å². The molecule has 0 unspecified atom stereocenters. The Morgan fingerprint density at radius 2 is 0.933 bits per heavy atom. The molecule has 0 nitrogen and oxygen atoms in total. The molecule has 0 heterocycles. The van der Waals surface area contributed by atoms with E-state index in [9.17, 15) is 0 Å². The van der Waals surface area contributed by atoms with E-state index in [0.717, 1.165) is 11.1 Å². The van der Waals surface area contributed by atoms with Crippen molar-refractivity contribution < 1.29 is 21.1 Å². The maximum absolute atomic E-state index is 3.66. The summed E-state index contributed by atoms with van der Waals surface area (Å²) in [4.78, 5) is 0. The summed E-state index contributed by atoms with van der Waals surface area (Å²) in [5, 5.41) is 0. The fourth-order valence-electron chi connectivity index (χ4n) is 0.856. The molecule has 1 aliphatic carbocycles. The zero-order valence-electron chi connectivity index (χ0n) is 9.87. The van der Waals surface area contributed by atoms with Gasteiger partial charge in [-0.05, 0) is 51.4 Å². The van der Waals surface area contributed by atoms with Crippen molar-refractivity contribution in [3.05, 3.63) is 50.7 Å². The van der Waals surface area contributed by atoms with Crippen LogP contribution < -0.4 is 0 Å². The Balaban J connectivity index is 0. The smallest absolute Gasteiger partial charge is 0.367 e. The molecule has 4 radical (unpaired) electrons. The normalized spacial score (nSPS) is 18.3. The molecule has 0 atom stereocenters. The van der Waals surface area contributed by atoms with Crippen LogP contribution in [0.15, 0.2) is 11.1 Å². The summed E-state index contributed by atoms with van der Waals surface area (Å²) >= 11 is 0. The molecule has 0 N–H and O–H groups in total. The average Bonchev–Trinajstić information content (AvgIpc) is 2.03. The monoisotopic (exact) mass is 385 g/mol. The minimum Gasteiger partial charge on any atom is -0.367 e. The molecule has 1 aliphatic rings. The second-order valence-electron chi connectivity index (χ2n) is 3.66. The Morgan fingerprint density at radius 1 is 0.733 bits per heavy atom. The maximum Gasteiger partial charge on any atom is 2.00 e. The van der Waals surface area contributed by atoms with Crippen LogP contribution in [0.1, 0.15) is 39.5 Å². The topological polar surface area (TPSA) is 0 Å². The van der Waals surface area contributed by atoms with Crippen LogP contribution in [0.25, 0.3) is 0 Å². The van der Waals surface area contributed by atoms with Crippen LogP contribution in [-0.2, 0) is 21.1 Å². The molecule has 0 saturated heterocycles. The molecule has 88 valence electrons. The molecule has 0 aliphatic heterocycles. The first-order valence-corrected chi connectivity index (χ1v) is 5.26. The molecule has 0 spiro atoms. The first kappa shape index (κ1) is 17.6. The maximum atomic E-state index is 3.66. The molecular formula is C14H22Pt. The van der Waals surface area contributed by atoms with Crippen molar-refractivity contribution in [1.82, 2.24) is 0 Å². The second-order valence-corrected chi connectivity index (χ2v) is 3.66. The summed E-state index contributed by atoms with van der Waals surface area (Å²) in [5.41, 5.74) is 2.13. The number of allylic oxidation sites excluding steroid dienone is 2. The fourth-order valence-corrected chi connectivity index (χ4v) is 0.856. The summed E-state index contributed by atoms with van der Waals surface area (Å²) in [6, 6.07) is 0. The van der Waals surface area contributed by atoms with E-state index in [2.05, 4.69) is 39.5 Å². The molecule has 0 bridgehead atoms. The van der Waals surface area contributed by atoms with Crippen LogP contribution >= 0.6 is 0 Å². The molecule has 1 heteroatoms. The van der Waals surface area contributed by atoms with E-state index in [-0.39, 0.29) is 21.1 Å². The van der Waals surface area contributed by atoms with Crippen LogP contribution in [0.2, 0.25) is 0 Å². The van der Waals surface area contributed by atoms with Gasteiger partial charge in [-0.25, -0.2) is 0 Å². The molecule has 0 aromatic rings. The molecular weight excluding hydrogens is 363 g/mol. The molecule has 0 amide bonds.